The lowest BCUT2D eigenvalue weighted by Gasteiger charge is -2.23. The fourth-order valence-electron chi connectivity index (χ4n) is 2.36. The van der Waals surface area contributed by atoms with E-state index in [4.69, 9.17) is 4.74 Å². The summed E-state index contributed by atoms with van der Waals surface area (Å²) in [6, 6.07) is -0.00741. The monoisotopic (exact) mass is 377 g/mol. The average molecular weight is 378 g/mol. The van der Waals surface area contributed by atoms with Crippen LogP contribution in [0.5, 0.6) is 0 Å². The molecule has 0 saturated carbocycles. The highest BCUT2D eigenvalue weighted by atomic mass is 32.2. The molecule has 0 spiro atoms. The summed E-state index contributed by atoms with van der Waals surface area (Å²) in [6.45, 7) is 9.18. The fourth-order valence-corrected chi connectivity index (χ4v) is 2.98. The lowest BCUT2D eigenvalue weighted by molar-refractivity contribution is 0.0507. The number of carbonyl (C=O) groups is 1. The summed E-state index contributed by atoms with van der Waals surface area (Å²) in [5.74, 6) is 0.746. The maximum atomic E-state index is 11.8. The molecule has 3 N–H and O–H groups in total. The zero-order valence-electron chi connectivity index (χ0n) is 15.8. The van der Waals surface area contributed by atoms with Crippen molar-refractivity contribution in [1.29, 1.82) is 0 Å². The number of hydrogen-bond acceptors (Lipinski definition) is 5. The third-order valence-corrected chi connectivity index (χ3v) is 4.93. The number of guanidine groups is 1. The minimum atomic E-state index is -3.19. The van der Waals surface area contributed by atoms with Crippen LogP contribution in [0.1, 0.15) is 34.1 Å². The van der Waals surface area contributed by atoms with E-state index in [9.17, 15) is 13.2 Å². The number of alkyl carbamates (subject to hydrolysis) is 1. The summed E-state index contributed by atoms with van der Waals surface area (Å²) >= 11 is 0. The lowest BCUT2D eigenvalue weighted by atomic mass is 10.2. The predicted octanol–water partition coefficient (Wildman–Crippen LogP) is 0.100. The van der Waals surface area contributed by atoms with E-state index in [0.29, 0.717) is 25.6 Å². The molecule has 1 rings (SSSR count). The van der Waals surface area contributed by atoms with Crippen LogP contribution in [0.15, 0.2) is 4.99 Å². The van der Waals surface area contributed by atoms with Crippen LogP contribution in [0, 0.1) is 0 Å². The SMILES string of the molecule is CCS(=O)(=O)NCCNC(=NC)N1CCC(NC(=O)OC(C)(C)C)C1. The highest BCUT2D eigenvalue weighted by Crippen LogP contribution is 2.11. The van der Waals surface area contributed by atoms with Gasteiger partial charge in [0.1, 0.15) is 5.60 Å². The summed E-state index contributed by atoms with van der Waals surface area (Å²) in [6.07, 6.45) is 0.374. The van der Waals surface area contributed by atoms with Gasteiger partial charge in [0.15, 0.2) is 5.96 Å². The summed E-state index contributed by atoms with van der Waals surface area (Å²) in [4.78, 5) is 18.1. The van der Waals surface area contributed by atoms with Crippen molar-refractivity contribution in [2.45, 2.75) is 45.8 Å². The molecule has 1 unspecified atom stereocenters. The molecule has 1 heterocycles. The van der Waals surface area contributed by atoms with Gasteiger partial charge in [0.25, 0.3) is 0 Å². The quantitative estimate of drug-likeness (QED) is 0.344. The number of sulfonamides is 1. The summed E-state index contributed by atoms with van der Waals surface area (Å²) in [5, 5.41) is 5.99. The van der Waals surface area contributed by atoms with E-state index >= 15 is 0 Å². The Morgan fingerprint density at radius 2 is 2.00 bits per heavy atom. The molecule has 10 heteroatoms. The van der Waals surface area contributed by atoms with E-state index in [1.807, 2.05) is 25.7 Å². The van der Waals surface area contributed by atoms with Gasteiger partial charge in [0.2, 0.25) is 10.0 Å². The average Bonchev–Trinajstić information content (AvgIpc) is 2.93. The van der Waals surface area contributed by atoms with E-state index in [2.05, 4.69) is 20.3 Å². The number of likely N-dealkylation sites (tertiary alicyclic amines) is 1. The molecule has 0 bridgehead atoms. The second-order valence-electron chi connectivity index (χ2n) is 6.85. The minimum Gasteiger partial charge on any atom is -0.444 e. The Morgan fingerprint density at radius 3 is 2.56 bits per heavy atom. The van der Waals surface area contributed by atoms with Gasteiger partial charge in [-0.2, -0.15) is 0 Å². The summed E-state index contributed by atoms with van der Waals surface area (Å²) < 4.78 is 30.5. The summed E-state index contributed by atoms with van der Waals surface area (Å²) in [7, 11) is -1.51. The predicted molar refractivity (Wildman–Crippen MR) is 98.2 cm³/mol. The van der Waals surface area contributed by atoms with Gasteiger partial charge < -0.3 is 20.3 Å². The van der Waals surface area contributed by atoms with Gasteiger partial charge in [-0.15, -0.1) is 0 Å². The van der Waals surface area contributed by atoms with Crippen LogP contribution in [0.4, 0.5) is 4.79 Å². The lowest BCUT2D eigenvalue weighted by Crippen LogP contribution is -2.45. The third-order valence-electron chi connectivity index (χ3n) is 3.53. The molecule has 0 aromatic rings. The number of aliphatic imine (C=N–C) groups is 1. The first-order valence-corrected chi connectivity index (χ1v) is 10.1. The zero-order chi connectivity index (χ0) is 19.1. The van der Waals surface area contributed by atoms with Gasteiger partial charge in [0.05, 0.1) is 11.8 Å². The molecular weight excluding hydrogens is 346 g/mol. The van der Waals surface area contributed by atoms with Crippen molar-refractivity contribution in [3.8, 4) is 0 Å². The van der Waals surface area contributed by atoms with E-state index in [-0.39, 0.29) is 11.8 Å². The third kappa shape index (κ3) is 8.39. The van der Waals surface area contributed by atoms with Crippen molar-refractivity contribution < 1.29 is 17.9 Å². The fraction of sp³-hybridized carbons (Fsp3) is 0.867. The molecule has 0 aromatic heterocycles. The minimum absolute atomic E-state index is 0.00741. The molecule has 1 atom stereocenters. The Morgan fingerprint density at radius 1 is 1.32 bits per heavy atom. The van der Waals surface area contributed by atoms with E-state index in [0.717, 1.165) is 13.0 Å². The van der Waals surface area contributed by atoms with Crippen LogP contribution < -0.4 is 15.4 Å². The van der Waals surface area contributed by atoms with Crippen LogP contribution in [0.2, 0.25) is 0 Å². The van der Waals surface area contributed by atoms with Crippen molar-refractivity contribution >= 4 is 22.1 Å². The Kier molecular flexibility index (Phi) is 7.94. The Balaban J connectivity index is 2.38. The highest BCUT2D eigenvalue weighted by molar-refractivity contribution is 7.89. The summed E-state index contributed by atoms with van der Waals surface area (Å²) in [5.41, 5.74) is -0.522. The number of rotatable bonds is 6. The highest BCUT2D eigenvalue weighted by Gasteiger charge is 2.27. The van der Waals surface area contributed by atoms with Crippen molar-refractivity contribution in [2.75, 3.05) is 39.0 Å². The van der Waals surface area contributed by atoms with Crippen molar-refractivity contribution in [3.05, 3.63) is 0 Å². The zero-order valence-corrected chi connectivity index (χ0v) is 16.6. The molecular formula is C15H31N5O4S. The van der Waals surface area contributed by atoms with Crippen LogP contribution in [0.25, 0.3) is 0 Å². The van der Waals surface area contributed by atoms with Crippen LogP contribution in [-0.2, 0) is 14.8 Å². The van der Waals surface area contributed by atoms with Crippen LogP contribution in [-0.4, -0.2) is 76.0 Å². The van der Waals surface area contributed by atoms with Crippen molar-refractivity contribution in [3.63, 3.8) is 0 Å². The molecule has 1 aliphatic heterocycles. The van der Waals surface area contributed by atoms with Gasteiger partial charge in [-0.05, 0) is 34.1 Å². The Hall–Kier alpha value is -1.55. The standard InChI is InChI=1S/C15H31N5O4S/c1-6-25(22,23)18-9-8-17-13(16-5)20-10-7-12(11-20)19-14(21)24-15(2,3)4/h12,18H,6-11H2,1-5H3,(H,16,17)(H,19,21). The van der Waals surface area contributed by atoms with Gasteiger partial charge >= 0.3 is 6.09 Å². The normalized spacial score (nSPS) is 19.0. The van der Waals surface area contributed by atoms with Crippen LogP contribution >= 0.6 is 0 Å². The van der Waals surface area contributed by atoms with Gasteiger partial charge in [0, 0.05) is 33.2 Å². The van der Waals surface area contributed by atoms with Gasteiger partial charge in [-0.3, -0.25) is 4.99 Å². The largest absolute Gasteiger partial charge is 0.444 e. The van der Waals surface area contributed by atoms with E-state index in [1.165, 1.54) is 0 Å². The molecule has 1 aliphatic rings. The number of amides is 1. The Labute approximate surface area is 150 Å². The first-order chi connectivity index (χ1) is 11.6. The number of ether oxygens (including phenoxy) is 1. The number of nitrogens with zero attached hydrogens (tertiary/aromatic N) is 2. The smallest absolute Gasteiger partial charge is 0.407 e. The van der Waals surface area contributed by atoms with Gasteiger partial charge in [-0.25, -0.2) is 17.9 Å². The second kappa shape index (κ2) is 9.23. The molecule has 1 saturated heterocycles. The number of hydrogen-bond donors (Lipinski definition) is 3. The molecule has 1 amide bonds. The van der Waals surface area contributed by atoms with Crippen molar-refractivity contribution in [2.24, 2.45) is 4.99 Å². The van der Waals surface area contributed by atoms with Crippen molar-refractivity contribution in [1.82, 2.24) is 20.3 Å². The molecule has 0 aliphatic carbocycles. The molecule has 1 fully saturated rings. The maximum Gasteiger partial charge on any atom is 0.407 e. The second-order valence-corrected chi connectivity index (χ2v) is 8.95. The first-order valence-electron chi connectivity index (χ1n) is 8.48. The van der Waals surface area contributed by atoms with Crippen LogP contribution in [0.3, 0.4) is 0 Å². The first kappa shape index (κ1) is 21.5. The molecule has 9 nitrogen and oxygen atoms in total. The Bertz CT molecular complexity index is 571. The molecule has 25 heavy (non-hydrogen) atoms. The maximum absolute atomic E-state index is 11.8. The molecule has 0 radical (unpaired) electrons. The van der Waals surface area contributed by atoms with E-state index < -0.39 is 21.7 Å². The number of nitrogens with one attached hydrogen (secondary N) is 3. The molecule has 0 aromatic carbocycles. The topological polar surface area (TPSA) is 112 Å². The van der Waals surface area contributed by atoms with E-state index in [1.54, 1.807) is 14.0 Å². The molecule has 146 valence electrons. The van der Waals surface area contributed by atoms with Gasteiger partial charge in [-0.1, -0.05) is 0 Å². The number of carbonyl (C=O) groups excluding carboxylic acids is 1.